The highest BCUT2D eigenvalue weighted by Gasteiger charge is 2.24. The number of nitriles is 1. The number of nitrogens with zero attached hydrogens (tertiary/aromatic N) is 4. The monoisotopic (exact) mass is 525 g/mol. The van der Waals surface area contributed by atoms with Crippen molar-refractivity contribution >= 4 is 46.0 Å². The van der Waals surface area contributed by atoms with Gasteiger partial charge >= 0.3 is 0 Å². The number of hydrogen-bond acceptors (Lipinski definition) is 7. The minimum Gasteiger partial charge on any atom is -0.366 e. The average molecular weight is 526 g/mol. The number of benzene rings is 1. The molecule has 0 spiro atoms. The van der Waals surface area contributed by atoms with Crippen LogP contribution >= 0.6 is 11.8 Å². The number of carbonyl (C=O) groups excluding carboxylic acids is 2. The second kappa shape index (κ2) is 10.9. The third-order valence-electron chi connectivity index (χ3n) is 6.81. The van der Waals surface area contributed by atoms with Gasteiger partial charge in [-0.25, -0.2) is 9.97 Å². The maximum atomic E-state index is 13.4. The van der Waals surface area contributed by atoms with Gasteiger partial charge in [0.2, 0.25) is 5.91 Å². The normalized spacial score (nSPS) is 17.1. The fraction of sp³-hybridized carbons (Fsp3) is 0.250. The summed E-state index contributed by atoms with van der Waals surface area (Å²) in [6, 6.07) is 14.4. The van der Waals surface area contributed by atoms with E-state index in [9.17, 15) is 14.9 Å². The lowest BCUT2D eigenvalue weighted by molar-refractivity contribution is 0.0927. The van der Waals surface area contributed by atoms with Crippen LogP contribution in [-0.4, -0.2) is 43.9 Å². The van der Waals surface area contributed by atoms with Crippen LogP contribution in [0.3, 0.4) is 0 Å². The number of hydrogen-bond donors (Lipinski definition) is 3. The minimum absolute atomic E-state index is 0.114. The summed E-state index contributed by atoms with van der Waals surface area (Å²) in [6.07, 6.45) is 11.1. The molecule has 4 N–H and O–H groups in total. The van der Waals surface area contributed by atoms with Gasteiger partial charge in [-0.15, -0.1) is 0 Å². The molecule has 2 amide bonds. The third kappa shape index (κ3) is 5.33. The summed E-state index contributed by atoms with van der Waals surface area (Å²) >= 11 is 1.88. The quantitative estimate of drug-likeness (QED) is 0.322. The molecule has 3 aromatic heterocycles. The topological polar surface area (TPSA) is 139 Å². The number of nitrogens with one attached hydrogen (secondary N) is 2. The fourth-order valence-electron chi connectivity index (χ4n) is 4.74. The van der Waals surface area contributed by atoms with Crippen molar-refractivity contribution in [2.45, 2.75) is 37.0 Å². The summed E-state index contributed by atoms with van der Waals surface area (Å²) in [7, 11) is 0. The van der Waals surface area contributed by atoms with Gasteiger partial charge in [0, 0.05) is 52.6 Å². The van der Waals surface area contributed by atoms with E-state index in [0.717, 1.165) is 31.1 Å². The van der Waals surface area contributed by atoms with E-state index in [0.29, 0.717) is 44.8 Å². The summed E-state index contributed by atoms with van der Waals surface area (Å²) in [5.41, 5.74) is 8.47. The lowest BCUT2D eigenvalue weighted by atomic mass is 9.94. The molecule has 0 radical (unpaired) electrons. The van der Waals surface area contributed by atoms with Gasteiger partial charge in [-0.05, 0) is 62.3 Å². The molecule has 0 unspecified atom stereocenters. The Bertz CT molecular complexity index is 1550. The van der Waals surface area contributed by atoms with Gasteiger partial charge in [0.25, 0.3) is 5.91 Å². The van der Waals surface area contributed by atoms with Gasteiger partial charge in [0.05, 0.1) is 16.8 Å². The number of anilines is 2. The predicted octanol–water partition coefficient (Wildman–Crippen LogP) is 4.54. The number of thioether (sulfide) groups is 1. The lowest BCUT2D eigenvalue weighted by Crippen LogP contribution is -2.38. The number of pyridine rings is 2. The highest BCUT2D eigenvalue weighted by Crippen LogP contribution is 2.29. The Morgan fingerprint density at radius 2 is 1.92 bits per heavy atom. The maximum Gasteiger partial charge on any atom is 0.255 e. The van der Waals surface area contributed by atoms with Crippen LogP contribution in [0.25, 0.3) is 16.9 Å². The largest absolute Gasteiger partial charge is 0.366 e. The molecule has 1 aromatic carbocycles. The highest BCUT2D eigenvalue weighted by atomic mass is 32.2. The molecular formula is C28H27N7O2S. The van der Waals surface area contributed by atoms with E-state index in [4.69, 9.17) is 5.73 Å². The standard InChI is InChI=1S/C28H27N7O2S/c1-38-22-7-5-20(6-8-22)34-28(37)23-16-31-25(35-10-9-19-11-17(14-29)15-32-27(19)35)13-24(23)33-21-4-2-3-18(12-21)26(30)36/h2-4,9-13,15-16,20,22H,5-8H2,1H3,(H2,30,36)(H,31,33)(H,34,37). The number of aromatic nitrogens is 3. The molecule has 38 heavy (non-hydrogen) atoms. The molecule has 0 bridgehead atoms. The number of nitrogens with two attached hydrogens (primary N) is 1. The van der Waals surface area contributed by atoms with Gasteiger partial charge in [-0.1, -0.05) is 6.07 Å². The van der Waals surface area contributed by atoms with Crippen molar-refractivity contribution in [3.8, 4) is 11.9 Å². The molecule has 192 valence electrons. The predicted molar refractivity (Wildman–Crippen MR) is 149 cm³/mol. The summed E-state index contributed by atoms with van der Waals surface area (Å²) in [6.45, 7) is 0. The first-order chi connectivity index (χ1) is 18.4. The van der Waals surface area contributed by atoms with Crippen molar-refractivity contribution in [2.75, 3.05) is 11.6 Å². The molecular weight excluding hydrogens is 498 g/mol. The molecule has 10 heteroatoms. The molecule has 1 saturated carbocycles. The van der Waals surface area contributed by atoms with Gasteiger partial charge in [-0.2, -0.15) is 17.0 Å². The van der Waals surface area contributed by atoms with Gasteiger partial charge in [0.1, 0.15) is 17.5 Å². The van der Waals surface area contributed by atoms with E-state index in [1.54, 1.807) is 47.2 Å². The highest BCUT2D eigenvalue weighted by molar-refractivity contribution is 7.99. The van der Waals surface area contributed by atoms with Crippen molar-refractivity contribution in [3.05, 3.63) is 77.7 Å². The van der Waals surface area contributed by atoms with E-state index in [-0.39, 0.29) is 11.9 Å². The minimum atomic E-state index is -0.537. The average Bonchev–Trinajstić information content (AvgIpc) is 3.36. The van der Waals surface area contributed by atoms with Crippen LogP contribution in [0.15, 0.2) is 61.1 Å². The molecule has 0 atom stereocenters. The Balaban J connectivity index is 1.49. The Labute approximate surface area is 224 Å². The zero-order chi connectivity index (χ0) is 26.6. The molecule has 1 aliphatic carbocycles. The Kier molecular flexibility index (Phi) is 7.29. The van der Waals surface area contributed by atoms with E-state index < -0.39 is 5.91 Å². The first-order valence-electron chi connectivity index (χ1n) is 12.3. The Morgan fingerprint density at radius 1 is 1.11 bits per heavy atom. The van der Waals surface area contributed by atoms with Crippen LogP contribution < -0.4 is 16.4 Å². The van der Waals surface area contributed by atoms with E-state index in [1.165, 1.54) is 6.20 Å². The molecule has 0 saturated heterocycles. The van der Waals surface area contributed by atoms with Crippen LogP contribution in [0.5, 0.6) is 0 Å². The third-order valence-corrected chi connectivity index (χ3v) is 7.94. The molecule has 3 heterocycles. The summed E-state index contributed by atoms with van der Waals surface area (Å²) in [5, 5.41) is 17.1. The second-order valence-corrected chi connectivity index (χ2v) is 10.4. The SMILES string of the molecule is CSC1CCC(NC(=O)c2cnc(-n3ccc4cc(C#N)cnc43)cc2Nc2cccc(C(N)=O)c2)CC1. The van der Waals surface area contributed by atoms with Gasteiger partial charge < -0.3 is 16.4 Å². The lowest BCUT2D eigenvalue weighted by Gasteiger charge is -2.28. The van der Waals surface area contributed by atoms with Crippen molar-refractivity contribution < 1.29 is 9.59 Å². The van der Waals surface area contributed by atoms with Crippen LogP contribution in [-0.2, 0) is 0 Å². The Morgan fingerprint density at radius 3 is 2.66 bits per heavy atom. The number of primary amides is 1. The van der Waals surface area contributed by atoms with Gasteiger partial charge in [0.15, 0.2) is 0 Å². The second-order valence-electron chi connectivity index (χ2n) is 9.28. The Hall–Kier alpha value is -4.36. The maximum absolute atomic E-state index is 13.4. The number of fused-ring (bicyclic) bond motifs is 1. The van der Waals surface area contributed by atoms with Crippen molar-refractivity contribution in [3.63, 3.8) is 0 Å². The van der Waals surface area contributed by atoms with E-state index in [2.05, 4.69) is 32.9 Å². The molecule has 0 aliphatic heterocycles. The molecule has 1 fully saturated rings. The van der Waals surface area contributed by atoms with Crippen LogP contribution in [0.2, 0.25) is 0 Å². The summed E-state index contributed by atoms with van der Waals surface area (Å²) in [4.78, 5) is 34.1. The first kappa shape index (κ1) is 25.3. The van der Waals surface area contributed by atoms with Crippen LogP contribution in [0, 0.1) is 11.3 Å². The van der Waals surface area contributed by atoms with Crippen LogP contribution in [0.4, 0.5) is 11.4 Å². The molecule has 5 rings (SSSR count). The number of carbonyl (C=O) groups is 2. The summed E-state index contributed by atoms with van der Waals surface area (Å²) < 4.78 is 1.80. The van der Waals surface area contributed by atoms with E-state index >= 15 is 0 Å². The van der Waals surface area contributed by atoms with E-state index in [1.807, 2.05) is 24.0 Å². The summed E-state index contributed by atoms with van der Waals surface area (Å²) in [5.74, 6) is -0.202. The van der Waals surface area contributed by atoms with Gasteiger partial charge in [-0.3, -0.25) is 14.2 Å². The van der Waals surface area contributed by atoms with Crippen molar-refractivity contribution in [2.24, 2.45) is 5.73 Å². The molecule has 1 aliphatic rings. The zero-order valence-corrected chi connectivity index (χ0v) is 21.7. The molecule has 9 nitrogen and oxygen atoms in total. The van der Waals surface area contributed by atoms with Crippen molar-refractivity contribution in [1.82, 2.24) is 19.9 Å². The van der Waals surface area contributed by atoms with Crippen LogP contribution in [0.1, 0.15) is 52.0 Å². The fourth-order valence-corrected chi connectivity index (χ4v) is 5.49. The molecule has 4 aromatic rings. The first-order valence-corrected chi connectivity index (χ1v) is 13.6. The van der Waals surface area contributed by atoms with Crippen molar-refractivity contribution in [1.29, 1.82) is 5.26 Å². The zero-order valence-electron chi connectivity index (χ0n) is 20.8. The smallest absolute Gasteiger partial charge is 0.255 e. The number of rotatable bonds is 7. The number of amides is 2.